The zero-order chi connectivity index (χ0) is 18.5. The maximum atomic E-state index is 12.6. The number of aromatic nitrogens is 1. The minimum absolute atomic E-state index is 0.227. The third kappa shape index (κ3) is 4.14. The number of furan rings is 1. The van der Waals surface area contributed by atoms with Gasteiger partial charge in [-0.15, -0.1) is 23.1 Å². The van der Waals surface area contributed by atoms with Crippen LogP contribution in [0, 0.1) is 6.92 Å². The van der Waals surface area contributed by atoms with Crippen molar-refractivity contribution < 1.29 is 18.7 Å². The van der Waals surface area contributed by atoms with E-state index in [2.05, 4.69) is 10.3 Å². The lowest BCUT2D eigenvalue weighted by Gasteiger charge is -2.08. The largest absolute Gasteiger partial charge is 0.468 e. The molecule has 0 saturated heterocycles. The fourth-order valence-corrected chi connectivity index (χ4v) is 3.91. The normalized spacial score (nSPS) is 10.5. The Balaban J connectivity index is 1.74. The SMILES string of the molecule is COC(=O)c1ccoc1CSc1ccccc1C(=O)Nc1ncc(C)s1. The van der Waals surface area contributed by atoms with Crippen molar-refractivity contribution >= 4 is 40.1 Å². The number of carbonyl (C=O) groups excluding carboxylic acids is 2. The number of esters is 1. The smallest absolute Gasteiger partial charge is 0.341 e. The molecule has 134 valence electrons. The second kappa shape index (κ2) is 8.20. The summed E-state index contributed by atoms with van der Waals surface area (Å²) in [5.74, 6) is 0.236. The molecule has 1 N–H and O–H groups in total. The van der Waals surface area contributed by atoms with Gasteiger partial charge in [-0.05, 0) is 25.1 Å². The van der Waals surface area contributed by atoms with Crippen molar-refractivity contribution in [2.75, 3.05) is 12.4 Å². The molecule has 2 heterocycles. The fraction of sp³-hybridized carbons (Fsp3) is 0.167. The number of thioether (sulfide) groups is 1. The highest BCUT2D eigenvalue weighted by molar-refractivity contribution is 7.98. The summed E-state index contributed by atoms with van der Waals surface area (Å²) in [7, 11) is 1.33. The van der Waals surface area contributed by atoms with E-state index in [4.69, 9.17) is 9.15 Å². The molecule has 0 aliphatic rings. The van der Waals surface area contributed by atoms with Gasteiger partial charge in [-0.2, -0.15) is 0 Å². The van der Waals surface area contributed by atoms with Crippen molar-refractivity contribution in [3.63, 3.8) is 0 Å². The molecule has 2 aromatic heterocycles. The number of ether oxygens (including phenoxy) is 1. The number of amides is 1. The highest BCUT2D eigenvalue weighted by Crippen LogP contribution is 2.29. The number of nitrogens with zero attached hydrogens (tertiary/aromatic N) is 1. The summed E-state index contributed by atoms with van der Waals surface area (Å²) in [4.78, 5) is 30.3. The van der Waals surface area contributed by atoms with Gasteiger partial charge in [0.1, 0.15) is 11.3 Å². The number of aryl methyl sites for hydroxylation is 1. The van der Waals surface area contributed by atoms with Crippen molar-refractivity contribution in [2.24, 2.45) is 0 Å². The fourth-order valence-electron chi connectivity index (χ4n) is 2.24. The lowest BCUT2D eigenvalue weighted by atomic mass is 10.2. The van der Waals surface area contributed by atoms with Crippen LogP contribution in [0.15, 0.2) is 52.1 Å². The Morgan fingerprint density at radius 1 is 1.27 bits per heavy atom. The summed E-state index contributed by atoms with van der Waals surface area (Å²) in [5.41, 5.74) is 0.928. The van der Waals surface area contributed by atoms with Gasteiger partial charge in [-0.1, -0.05) is 12.1 Å². The molecule has 3 aromatic rings. The Bertz CT molecular complexity index is 933. The molecule has 1 aromatic carbocycles. The van der Waals surface area contributed by atoms with Crippen LogP contribution in [-0.2, 0) is 10.5 Å². The average molecular weight is 388 g/mol. The zero-order valence-electron chi connectivity index (χ0n) is 14.1. The topological polar surface area (TPSA) is 81.4 Å². The molecule has 6 nitrogen and oxygen atoms in total. The van der Waals surface area contributed by atoms with Crippen LogP contribution in [0.25, 0.3) is 0 Å². The monoisotopic (exact) mass is 388 g/mol. The molecule has 0 saturated carbocycles. The van der Waals surface area contributed by atoms with Crippen molar-refractivity contribution in [3.8, 4) is 0 Å². The minimum Gasteiger partial charge on any atom is -0.468 e. The van der Waals surface area contributed by atoms with Gasteiger partial charge in [0.15, 0.2) is 5.13 Å². The molecule has 1 amide bonds. The quantitative estimate of drug-likeness (QED) is 0.499. The number of nitrogens with one attached hydrogen (secondary N) is 1. The van der Waals surface area contributed by atoms with Gasteiger partial charge in [-0.3, -0.25) is 10.1 Å². The summed E-state index contributed by atoms with van der Waals surface area (Å²) >= 11 is 2.83. The number of carbonyl (C=O) groups is 2. The Labute approximate surface area is 158 Å². The Morgan fingerprint density at radius 3 is 2.81 bits per heavy atom. The summed E-state index contributed by atoms with van der Waals surface area (Å²) in [6.45, 7) is 1.93. The Hall–Kier alpha value is -2.58. The van der Waals surface area contributed by atoms with E-state index in [1.807, 2.05) is 19.1 Å². The molecule has 0 bridgehead atoms. The van der Waals surface area contributed by atoms with Crippen LogP contribution in [0.3, 0.4) is 0 Å². The van der Waals surface area contributed by atoms with E-state index < -0.39 is 5.97 Å². The first-order chi connectivity index (χ1) is 12.6. The molecule has 0 aliphatic carbocycles. The summed E-state index contributed by atoms with van der Waals surface area (Å²) in [6.07, 6.45) is 3.16. The van der Waals surface area contributed by atoms with Crippen LogP contribution in [0.1, 0.15) is 31.4 Å². The van der Waals surface area contributed by atoms with Crippen LogP contribution in [0.4, 0.5) is 5.13 Å². The first-order valence-electron chi connectivity index (χ1n) is 7.68. The number of anilines is 1. The molecule has 0 radical (unpaired) electrons. The zero-order valence-corrected chi connectivity index (χ0v) is 15.8. The van der Waals surface area contributed by atoms with Crippen LogP contribution in [0.2, 0.25) is 0 Å². The van der Waals surface area contributed by atoms with E-state index in [1.165, 1.54) is 36.5 Å². The highest BCUT2D eigenvalue weighted by Gasteiger charge is 2.17. The number of benzene rings is 1. The number of hydrogen-bond donors (Lipinski definition) is 1. The molecule has 0 fully saturated rings. The lowest BCUT2D eigenvalue weighted by molar-refractivity contribution is 0.0598. The van der Waals surface area contributed by atoms with Gasteiger partial charge < -0.3 is 9.15 Å². The van der Waals surface area contributed by atoms with Crippen molar-refractivity contribution in [2.45, 2.75) is 17.6 Å². The number of rotatable bonds is 6. The van der Waals surface area contributed by atoms with E-state index in [0.717, 1.165) is 9.77 Å². The average Bonchev–Trinajstić information content (AvgIpc) is 3.28. The maximum Gasteiger partial charge on any atom is 0.341 e. The van der Waals surface area contributed by atoms with Gasteiger partial charge in [0.25, 0.3) is 5.91 Å². The molecule has 0 aliphatic heterocycles. The second-order valence-electron chi connectivity index (χ2n) is 5.26. The van der Waals surface area contributed by atoms with E-state index >= 15 is 0 Å². The highest BCUT2D eigenvalue weighted by atomic mass is 32.2. The first kappa shape index (κ1) is 18.2. The van der Waals surface area contributed by atoms with Crippen LogP contribution in [-0.4, -0.2) is 24.0 Å². The second-order valence-corrected chi connectivity index (χ2v) is 7.52. The first-order valence-corrected chi connectivity index (χ1v) is 9.49. The number of thiazole rings is 1. The molecule has 3 rings (SSSR count). The Morgan fingerprint density at radius 2 is 2.08 bits per heavy atom. The van der Waals surface area contributed by atoms with E-state index in [-0.39, 0.29) is 5.91 Å². The van der Waals surface area contributed by atoms with Gasteiger partial charge >= 0.3 is 5.97 Å². The number of hydrogen-bond acceptors (Lipinski definition) is 7. The van der Waals surface area contributed by atoms with Gasteiger partial charge in [0.2, 0.25) is 0 Å². The van der Waals surface area contributed by atoms with Crippen molar-refractivity contribution in [1.29, 1.82) is 0 Å². The molecular formula is C18H16N2O4S2. The van der Waals surface area contributed by atoms with Gasteiger partial charge in [0, 0.05) is 16.0 Å². The van der Waals surface area contributed by atoms with Crippen LogP contribution < -0.4 is 5.32 Å². The summed E-state index contributed by atoms with van der Waals surface area (Å²) in [6, 6.07) is 8.84. The third-order valence-corrected chi connectivity index (χ3v) is 5.38. The maximum absolute atomic E-state index is 12.6. The van der Waals surface area contributed by atoms with Crippen LogP contribution >= 0.6 is 23.1 Å². The standard InChI is InChI=1S/C18H16N2O4S2/c1-11-9-19-18(26-11)20-16(21)13-5-3-4-6-15(13)25-10-14-12(7-8-24-14)17(22)23-2/h3-9H,10H2,1-2H3,(H,19,20,21). The summed E-state index contributed by atoms with van der Waals surface area (Å²) < 4.78 is 10.1. The van der Waals surface area contributed by atoms with Crippen molar-refractivity contribution in [1.82, 2.24) is 4.98 Å². The lowest BCUT2D eigenvalue weighted by Crippen LogP contribution is -2.12. The predicted molar refractivity (Wildman–Crippen MR) is 101 cm³/mol. The van der Waals surface area contributed by atoms with Crippen molar-refractivity contribution in [3.05, 3.63) is 64.6 Å². The molecule has 8 heteroatoms. The van der Waals surface area contributed by atoms with Gasteiger partial charge in [0.05, 0.1) is 24.7 Å². The minimum atomic E-state index is -0.445. The third-order valence-electron chi connectivity index (χ3n) is 3.48. The van der Waals surface area contributed by atoms with Gasteiger partial charge in [-0.25, -0.2) is 9.78 Å². The summed E-state index contributed by atoms with van der Waals surface area (Å²) in [5, 5.41) is 3.37. The van der Waals surface area contributed by atoms with E-state index in [0.29, 0.717) is 27.8 Å². The molecule has 26 heavy (non-hydrogen) atoms. The van der Waals surface area contributed by atoms with Crippen LogP contribution in [0.5, 0.6) is 0 Å². The molecule has 0 atom stereocenters. The molecule has 0 spiro atoms. The van der Waals surface area contributed by atoms with E-state index in [1.54, 1.807) is 24.4 Å². The Kier molecular flexibility index (Phi) is 5.75. The predicted octanol–water partition coefficient (Wildman–Crippen LogP) is 4.38. The van der Waals surface area contributed by atoms with E-state index in [9.17, 15) is 9.59 Å². The molecule has 0 unspecified atom stereocenters. The molecular weight excluding hydrogens is 372 g/mol. The number of methoxy groups -OCH3 is 1.